The van der Waals surface area contributed by atoms with Crippen molar-refractivity contribution in [2.75, 3.05) is 7.11 Å². The van der Waals surface area contributed by atoms with Crippen LogP contribution in [0.5, 0.6) is 5.75 Å². The number of thiophene rings is 1. The van der Waals surface area contributed by atoms with Gasteiger partial charge in [-0.15, -0.1) is 11.3 Å². The number of primary amides is 1. The molecule has 2 N–H and O–H groups in total. The van der Waals surface area contributed by atoms with Crippen LogP contribution in [0.4, 0.5) is 0 Å². The summed E-state index contributed by atoms with van der Waals surface area (Å²) in [6.07, 6.45) is 3.07. The van der Waals surface area contributed by atoms with E-state index in [1.54, 1.807) is 24.5 Å². The summed E-state index contributed by atoms with van der Waals surface area (Å²) in [5.74, 6) is 0.395. The molecule has 0 radical (unpaired) electrons. The Hall–Kier alpha value is -2.07. The first-order valence-corrected chi connectivity index (χ1v) is 6.23. The average Bonchev–Trinajstić information content (AvgIpc) is 2.85. The van der Waals surface area contributed by atoms with E-state index in [0.29, 0.717) is 0 Å². The summed E-state index contributed by atoms with van der Waals surface area (Å²) in [7, 11) is 1.65. The Bertz CT molecular complexity index is 587. The van der Waals surface area contributed by atoms with Gasteiger partial charge >= 0.3 is 0 Å². The van der Waals surface area contributed by atoms with Gasteiger partial charge in [-0.05, 0) is 30.3 Å². The fraction of sp³-hybridized carbons (Fsp3) is 0.0714. The molecule has 0 unspecified atom stereocenters. The van der Waals surface area contributed by atoms with Gasteiger partial charge in [-0.1, -0.05) is 12.1 Å². The van der Waals surface area contributed by atoms with Gasteiger partial charge in [-0.3, -0.25) is 4.79 Å². The maximum atomic E-state index is 10.7. The van der Waals surface area contributed by atoms with Crippen LogP contribution in [-0.2, 0) is 4.79 Å². The number of benzene rings is 1. The van der Waals surface area contributed by atoms with Crippen molar-refractivity contribution in [1.82, 2.24) is 0 Å². The number of methoxy groups -OCH3 is 1. The Morgan fingerprint density at radius 1 is 1.28 bits per heavy atom. The van der Waals surface area contributed by atoms with Crippen LogP contribution >= 0.6 is 11.3 Å². The standard InChI is InChI=1S/C14H13NO2S/c1-17-12-5-3-2-4-11(12)13-8-6-10(18-13)7-9-14(15)16/h2-9H,1H3,(H2,15,16)/b9-7+. The van der Waals surface area contributed by atoms with Crippen molar-refractivity contribution in [3.63, 3.8) is 0 Å². The van der Waals surface area contributed by atoms with E-state index in [9.17, 15) is 4.79 Å². The van der Waals surface area contributed by atoms with E-state index in [4.69, 9.17) is 10.5 Å². The first kappa shape index (κ1) is 12.4. The van der Waals surface area contributed by atoms with Gasteiger partial charge in [0.2, 0.25) is 5.91 Å². The Morgan fingerprint density at radius 2 is 2.06 bits per heavy atom. The minimum atomic E-state index is -0.442. The number of carbonyl (C=O) groups is 1. The van der Waals surface area contributed by atoms with Gasteiger partial charge in [0, 0.05) is 21.4 Å². The molecule has 3 nitrogen and oxygen atoms in total. The monoisotopic (exact) mass is 259 g/mol. The molecule has 1 heterocycles. The summed E-state index contributed by atoms with van der Waals surface area (Å²) in [6.45, 7) is 0. The molecule has 2 aromatic rings. The second kappa shape index (κ2) is 5.51. The fourth-order valence-corrected chi connectivity index (χ4v) is 2.54. The van der Waals surface area contributed by atoms with Gasteiger partial charge in [0.15, 0.2) is 0 Å². The molecule has 0 fully saturated rings. The molecular weight excluding hydrogens is 246 g/mol. The van der Waals surface area contributed by atoms with E-state index in [0.717, 1.165) is 21.1 Å². The lowest BCUT2D eigenvalue weighted by molar-refractivity contribution is -0.113. The summed E-state index contributed by atoms with van der Waals surface area (Å²) < 4.78 is 5.32. The number of carbonyl (C=O) groups excluding carboxylic acids is 1. The molecule has 1 amide bonds. The van der Waals surface area contributed by atoms with E-state index in [-0.39, 0.29) is 0 Å². The molecule has 0 aliphatic rings. The molecule has 0 aliphatic heterocycles. The highest BCUT2D eigenvalue weighted by Gasteiger charge is 2.06. The third-order valence-corrected chi connectivity index (χ3v) is 3.49. The lowest BCUT2D eigenvalue weighted by Crippen LogP contribution is -2.04. The number of hydrogen-bond acceptors (Lipinski definition) is 3. The molecule has 4 heteroatoms. The van der Waals surface area contributed by atoms with Crippen LogP contribution < -0.4 is 10.5 Å². The largest absolute Gasteiger partial charge is 0.496 e. The lowest BCUT2D eigenvalue weighted by Gasteiger charge is -2.05. The molecule has 0 saturated heterocycles. The van der Waals surface area contributed by atoms with Crippen molar-refractivity contribution in [2.45, 2.75) is 0 Å². The minimum absolute atomic E-state index is 0.442. The summed E-state index contributed by atoms with van der Waals surface area (Å²) in [6, 6.07) is 11.8. The zero-order chi connectivity index (χ0) is 13.0. The highest BCUT2D eigenvalue weighted by Crippen LogP contribution is 2.34. The van der Waals surface area contributed by atoms with Gasteiger partial charge in [-0.2, -0.15) is 0 Å². The third-order valence-electron chi connectivity index (χ3n) is 2.41. The zero-order valence-corrected chi connectivity index (χ0v) is 10.7. The van der Waals surface area contributed by atoms with Gasteiger partial charge in [-0.25, -0.2) is 0 Å². The number of hydrogen-bond donors (Lipinski definition) is 1. The van der Waals surface area contributed by atoms with Crippen molar-refractivity contribution in [3.05, 3.63) is 47.4 Å². The molecule has 0 bridgehead atoms. The second-order valence-corrected chi connectivity index (χ2v) is 4.75. The SMILES string of the molecule is COc1ccccc1-c1ccc(/C=C/C(N)=O)s1. The zero-order valence-electron chi connectivity index (χ0n) is 9.92. The van der Waals surface area contributed by atoms with E-state index in [1.807, 2.05) is 36.4 Å². The summed E-state index contributed by atoms with van der Waals surface area (Å²) in [5, 5.41) is 0. The Morgan fingerprint density at radius 3 is 2.78 bits per heavy atom. The van der Waals surface area contributed by atoms with Crippen LogP contribution in [-0.4, -0.2) is 13.0 Å². The first-order valence-electron chi connectivity index (χ1n) is 5.41. The highest BCUT2D eigenvalue weighted by molar-refractivity contribution is 7.16. The van der Waals surface area contributed by atoms with Gasteiger partial charge in [0.1, 0.15) is 5.75 Å². The first-order chi connectivity index (χ1) is 8.70. The second-order valence-electron chi connectivity index (χ2n) is 3.64. The van der Waals surface area contributed by atoms with Gasteiger partial charge < -0.3 is 10.5 Å². The van der Waals surface area contributed by atoms with E-state index < -0.39 is 5.91 Å². The third kappa shape index (κ3) is 2.78. The smallest absolute Gasteiger partial charge is 0.241 e. The molecular formula is C14H13NO2S. The fourth-order valence-electron chi connectivity index (χ4n) is 1.60. The number of rotatable bonds is 4. The predicted octanol–water partition coefficient (Wildman–Crippen LogP) is 2.92. The van der Waals surface area contributed by atoms with Crippen molar-refractivity contribution in [2.24, 2.45) is 5.73 Å². The molecule has 1 aromatic heterocycles. The van der Waals surface area contributed by atoms with Crippen LogP contribution in [0, 0.1) is 0 Å². The maximum absolute atomic E-state index is 10.7. The predicted molar refractivity (Wildman–Crippen MR) is 74.5 cm³/mol. The van der Waals surface area contributed by atoms with Crippen LogP contribution in [0.3, 0.4) is 0 Å². The lowest BCUT2D eigenvalue weighted by atomic mass is 10.1. The Labute approximate surface area is 110 Å². The molecule has 0 spiro atoms. The van der Waals surface area contributed by atoms with Gasteiger partial charge in [0.05, 0.1) is 7.11 Å². The molecule has 18 heavy (non-hydrogen) atoms. The van der Waals surface area contributed by atoms with E-state index in [2.05, 4.69) is 0 Å². The summed E-state index contributed by atoms with van der Waals surface area (Å²) in [5.41, 5.74) is 6.11. The summed E-state index contributed by atoms with van der Waals surface area (Å²) in [4.78, 5) is 12.7. The maximum Gasteiger partial charge on any atom is 0.241 e. The highest BCUT2D eigenvalue weighted by atomic mass is 32.1. The molecule has 1 aromatic carbocycles. The quantitative estimate of drug-likeness (QED) is 0.858. The van der Waals surface area contributed by atoms with Crippen molar-refractivity contribution in [1.29, 1.82) is 0 Å². The summed E-state index contributed by atoms with van der Waals surface area (Å²) >= 11 is 1.58. The van der Waals surface area contributed by atoms with Crippen molar-refractivity contribution in [3.8, 4) is 16.2 Å². The van der Waals surface area contributed by atoms with E-state index >= 15 is 0 Å². The molecule has 2 rings (SSSR count). The van der Waals surface area contributed by atoms with E-state index in [1.165, 1.54) is 6.08 Å². The van der Waals surface area contributed by atoms with Crippen molar-refractivity contribution >= 4 is 23.3 Å². The normalized spacial score (nSPS) is 10.7. The number of nitrogens with two attached hydrogens (primary N) is 1. The van der Waals surface area contributed by atoms with Crippen LogP contribution in [0.1, 0.15) is 4.88 Å². The van der Waals surface area contributed by atoms with Crippen molar-refractivity contribution < 1.29 is 9.53 Å². The van der Waals surface area contributed by atoms with Crippen LogP contribution in [0.25, 0.3) is 16.5 Å². The topological polar surface area (TPSA) is 52.3 Å². The van der Waals surface area contributed by atoms with Gasteiger partial charge in [0.25, 0.3) is 0 Å². The molecule has 0 saturated carbocycles. The van der Waals surface area contributed by atoms with Crippen LogP contribution in [0.15, 0.2) is 42.5 Å². The van der Waals surface area contributed by atoms with Crippen LogP contribution in [0.2, 0.25) is 0 Å². The molecule has 0 aliphatic carbocycles. The Kier molecular flexibility index (Phi) is 3.79. The average molecular weight is 259 g/mol. The molecule has 92 valence electrons. The minimum Gasteiger partial charge on any atom is -0.496 e. The Balaban J connectivity index is 2.32. The molecule has 0 atom stereocenters. The number of ether oxygens (including phenoxy) is 1. The number of para-hydroxylation sites is 1. The number of amides is 1.